The molecule has 0 spiro atoms. The van der Waals surface area contributed by atoms with Gasteiger partial charge in [-0.3, -0.25) is 4.79 Å². The van der Waals surface area contributed by atoms with Crippen LogP contribution in [0.25, 0.3) is 0 Å². The Bertz CT molecular complexity index is 579. The number of amides is 2. The number of carbonyl (C=O) groups excluding carboxylic acids is 1. The molecule has 0 aromatic rings. The van der Waals surface area contributed by atoms with Gasteiger partial charge in [-0.15, -0.1) is 0 Å². The topological polar surface area (TPSA) is 107 Å². The van der Waals surface area contributed by atoms with E-state index in [1.165, 1.54) is 0 Å². The van der Waals surface area contributed by atoms with Crippen LogP contribution in [0.2, 0.25) is 0 Å². The first-order chi connectivity index (χ1) is 10.8. The third kappa shape index (κ3) is 5.51. The Morgan fingerprint density at radius 2 is 1.96 bits per heavy atom. The third-order valence-electron chi connectivity index (χ3n) is 3.68. The molecule has 0 radical (unpaired) electrons. The lowest BCUT2D eigenvalue weighted by molar-refractivity contribution is -0.149. The smallest absolute Gasteiger partial charge is 0.409 e. The summed E-state index contributed by atoms with van der Waals surface area (Å²) in [6.07, 6.45) is -4.28. The van der Waals surface area contributed by atoms with Gasteiger partial charge in [0.15, 0.2) is 0 Å². The van der Waals surface area contributed by atoms with E-state index in [1.54, 1.807) is 5.32 Å². The van der Waals surface area contributed by atoms with Crippen molar-refractivity contribution < 1.29 is 36.3 Å². The number of halogens is 3. The van der Waals surface area contributed by atoms with E-state index in [1.807, 2.05) is 0 Å². The second-order valence-corrected chi connectivity index (χ2v) is 7.96. The van der Waals surface area contributed by atoms with Crippen LogP contribution in [0.4, 0.5) is 18.0 Å². The van der Waals surface area contributed by atoms with E-state index < -0.39 is 45.9 Å². The fourth-order valence-electron chi connectivity index (χ4n) is 2.18. The largest absolute Gasteiger partial charge is 0.481 e. The maximum Gasteiger partial charge on any atom is 0.409 e. The van der Waals surface area contributed by atoms with Crippen LogP contribution in [0.1, 0.15) is 12.8 Å². The molecule has 1 rings (SSSR count). The minimum Gasteiger partial charge on any atom is -0.481 e. The molecule has 140 valence electrons. The number of alkyl halides is 3. The van der Waals surface area contributed by atoms with E-state index in [4.69, 9.17) is 5.11 Å². The summed E-state index contributed by atoms with van der Waals surface area (Å²) in [5, 5.41) is 10.6. The number of nitrogens with zero attached hydrogens (tertiary/aromatic N) is 2. The highest BCUT2D eigenvalue weighted by molar-refractivity contribution is 7.89. The minimum absolute atomic E-state index is 0.112. The second-order valence-electron chi connectivity index (χ2n) is 5.73. The van der Waals surface area contributed by atoms with Gasteiger partial charge in [0.2, 0.25) is 10.0 Å². The zero-order valence-electron chi connectivity index (χ0n) is 13.2. The number of sulfonamides is 1. The van der Waals surface area contributed by atoms with Gasteiger partial charge in [0.1, 0.15) is 6.04 Å². The number of nitrogens with one attached hydrogen (secondary N) is 1. The molecule has 0 aromatic carbocycles. The second kappa shape index (κ2) is 7.55. The van der Waals surface area contributed by atoms with Crippen molar-refractivity contribution in [3.63, 3.8) is 0 Å². The Kier molecular flexibility index (Phi) is 6.45. The first-order valence-electron chi connectivity index (χ1n) is 7.09. The van der Waals surface area contributed by atoms with Crippen LogP contribution in [0, 0.1) is 5.92 Å². The molecule has 2 amide bonds. The Hall–Kier alpha value is -1.56. The molecule has 0 bridgehead atoms. The fraction of sp³-hybridized carbons (Fsp3) is 0.833. The van der Waals surface area contributed by atoms with Crippen molar-refractivity contribution >= 4 is 22.0 Å². The van der Waals surface area contributed by atoms with Crippen molar-refractivity contribution in [2.75, 3.05) is 32.9 Å². The van der Waals surface area contributed by atoms with Crippen LogP contribution in [0.3, 0.4) is 0 Å². The van der Waals surface area contributed by atoms with Crippen LogP contribution < -0.4 is 5.32 Å². The van der Waals surface area contributed by atoms with Crippen molar-refractivity contribution in [3.8, 4) is 0 Å². The standard InChI is InChI=1S/C12H20F3N3O5S/c1-17(2)24(22,23)7-9(12(13,14)15)16-11(21)18-5-3-4-8(6-18)10(19)20/h8-9H,3-7H2,1-2H3,(H,16,21)(H,19,20). The molecule has 12 heteroatoms. The summed E-state index contributed by atoms with van der Waals surface area (Å²) in [4.78, 5) is 23.9. The van der Waals surface area contributed by atoms with Gasteiger partial charge in [0.25, 0.3) is 0 Å². The van der Waals surface area contributed by atoms with Crippen molar-refractivity contribution in [3.05, 3.63) is 0 Å². The summed E-state index contributed by atoms with van der Waals surface area (Å²) < 4.78 is 63.1. The van der Waals surface area contributed by atoms with Gasteiger partial charge in [-0.05, 0) is 12.8 Å². The van der Waals surface area contributed by atoms with Gasteiger partial charge in [-0.2, -0.15) is 13.2 Å². The summed E-state index contributed by atoms with van der Waals surface area (Å²) in [7, 11) is -2.02. The molecule has 1 saturated heterocycles. The molecule has 1 heterocycles. The van der Waals surface area contributed by atoms with Gasteiger partial charge < -0.3 is 15.3 Å². The van der Waals surface area contributed by atoms with Gasteiger partial charge >= 0.3 is 18.2 Å². The highest BCUT2D eigenvalue weighted by atomic mass is 32.2. The molecular weight excluding hydrogens is 355 g/mol. The molecule has 2 N–H and O–H groups in total. The number of rotatable bonds is 5. The van der Waals surface area contributed by atoms with Crippen LogP contribution >= 0.6 is 0 Å². The zero-order chi connectivity index (χ0) is 18.7. The first kappa shape index (κ1) is 20.5. The lowest BCUT2D eigenvalue weighted by Gasteiger charge is -2.32. The summed E-state index contributed by atoms with van der Waals surface area (Å²) in [6, 6.07) is -3.71. The predicted octanol–water partition coefficient (Wildman–Crippen LogP) is 0.315. The molecule has 1 aliphatic heterocycles. The third-order valence-corrected chi connectivity index (χ3v) is 5.55. The summed E-state index contributed by atoms with van der Waals surface area (Å²) >= 11 is 0. The highest BCUT2D eigenvalue weighted by Gasteiger charge is 2.44. The molecular formula is C12H20F3N3O5S. The number of hydrogen-bond acceptors (Lipinski definition) is 4. The minimum atomic E-state index is -4.96. The molecule has 0 aromatic heterocycles. The average Bonchev–Trinajstić information content (AvgIpc) is 2.45. The predicted molar refractivity (Wildman–Crippen MR) is 77.8 cm³/mol. The number of carbonyl (C=O) groups is 2. The van der Waals surface area contributed by atoms with E-state index in [9.17, 15) is 31.2 Å². The van der Waals surface area contributed by atoms with Crippen LogP contribution in [-0.2, 0) is 14.8 Å². The normalized spacial score (nSPS) is 20.8. The Morgan fingerprint density at radius 1 is 1.38 bits per heavy atom. The van der Waals surface area contributed by atoms with Crippen molar-refractivity contribution in [1.82, 2.24) is 14.5 Å². The van der Waals surface area contributed by atoms with Crippen molar-refractivity contribution in [1.29, 1.82) is 0 Å². The van der Waals surface area contributed by atoms with Crippen molar-refractivity contribution in [2.45, 2.75) is 25.1 Å². The SMILES string of the molecule is CN(C)S(=O)(=O)CC(NC(=O)N1CCCC(C(=O)O)C1)C(F)(F)F. The number of piperidine rings is 1. The number of urea groups is 1. The van der Waals surface area contributed by atoms with Crippen LogP contribution in [0.5, 0.6) is 0 Å². The maximum atomic E-state index is 13.0. The number of carboxylic acid groups (broad SMARTS) is 1. The molecule has 1 fully saturated rings. The van der Waals surface area contributed by atoms with E-state index in [-0.39, 0.29) is 13.1 Å². The van der Waals surface area contributed by atoms with Gasteiger partial charge in [-0.25, -0.2) is 17.5 Å². The Balaban J connectivity index is 2.83. The van der Waals surface area contributed by atoms with Gasteiger partial charge in [0, 0.05) is 27.2 Å². The Labute approximate surface area is 137 Å². The fourth-order valence-corrected chi connectivity index (χ4v) is 3.17. The molecule has 8 nitrogen and oxygen atoms in total. The number of hydrogen-bond donors (Lipinski definition) is 2. The molecule has 2 atom stereocenters. The highest BCUT2D eigenvalue weighted by Crippen LogP contribution is 2.23. The van der Waals surface area contributed by atoms with Gasteiger partial charge in [-0.1, -0.05) is 0 Å². The summed E-state index contributed by atoms with van der Waals surface area (Å²) in [5.41, 5.74) is 0. The molecule has 1 aliphatic rings. The van der Waals surface area contributed by atoms with Gasteiger partial charge in [0.05, 0.1) is 11.7 Å². The molecule has 24 heavy (non-hydrogen) atoms. The maximum absolute atomic E-state index is 13.0. The zero-order valence-corrected chi connectivity index (χ0v) is 14.0. The van der Waals surface area contributed by atoms with E-state index in [0.29, 0.717) is 17.1 Å². The number of carboxylic acids is 1. The number of aliphatic carboxylic acids is 1. The Morgan fingerprint density at radius 3 is 2.42 bits per heavy atom. The van der Waals surface area contributed by atoms with E-state index in [2.05, 4.69) is 0 Å². The monoisotopic (exact) mass is 375 g/mol. The average molecular weight is 375 g/mol. The first-order valence-corrected chi connectivity index (χ1v) is 8.70. The summed E-state index contributed by atoms with van der Waals surface area (Å²) in [6.45, 7) is -0.104. The lowest BCUT2D eigenvalue weighted by Crippen LogP contribution is -2.56. The van der Waals surface area contributed by atoms with Crippen LogP contribution in [0.15, 0.2) is 0 Å². The molecule has 2 unspecified atom stereocenters. The quantitative estimate of drug-likeness (QED) is 0.719. The number of likely N-dealkylation sites (tertiary alicyclic amines) is 1. The van der Waals surface area contributed by atoms with E-state index >= 15 is 0 Å². The van der Waals surface area contributed by atoms with Crippen LogP contribution in [-0.4, -0.2) is 79.9 Å². The summed E-state index contributed by atoms with van der Waals surface area (Å²) in [5.74, 6) is -3.31. The van der Waals surface area contributed by atoms with Crippen molar-refractivity contribution in [2.24, 2.45) is 5.92 Å². The van der Waals surface area contributed by atoms with E-state index in [0.717, 1.165) is 19.0 Å². The molecule has 0 aliphatic carbocycles. The lowest BCUT2D eigenvalue weighted by atomic mass is 9.99. The molecule has 0 saturated carbocycles.